The molecule has 0 radical (unpaired) electrons. The van der Waals surface area contributed by atoms with Crippen LogP contribution in [-0.4, -0.2) is 11.5 Å². The molecule has 2 N–H and O–H groups in total. The summed E-state index contributed by atoms with van der Waals surface area (Å²) in [6.45, 7) is 1.98. The van der Waals surface area contributed by atoms with Crippen molar-refractivity contribution >= 4 is 28.0 Å². The van der Waals surface area contributed by atoms with Crippen molar-refractivity contribution < 1.29 is 5.21 Å². The summed E-state index contributed by atoms with van der Waals surface area (Å²) in [4.78, 5) is 3.92. The predicted octanol–water partition coefficient (Wildman–Crippen LogP) is 2.40. The van der Waals surface area contributed by atoms with Crippen LogP contribution in [0, 0.1) is 6.92 Å². The number of hydrogen-bond acceptors (Lipinski definition) is 2. The smallest absolute Gasteiger partial charge is 0.113 e. The Morgan fingerprint density at radius 1 is 1.58 bits per heavy atom. The summed E-state index contributed by atoms with van der Waals surface area (Å²) in [6, 6.07) is 5.68. The van der Waals surface area contributed by atoms with Crippen molar-refractivity contribution in [2.75, 3.05) is 0 Å². The van der Waals surface area contributed by atoms with Gasteiger partial charge in [0, 0.05) is 4.47 Å². The van der Waals surface area contributed by atoms with Crippen LogP contribution in [0.2, 0.25) is 0 Å². The average Bonchev–Trinajstić information content (AvgIpc) is 2.07. The van der Waals surface area contributed by atoms with Crippen molar-refractivity contribution in [2.24, 2.45) is 4.99 Å². The fourth-order valence-electron chi connectivity index (χ4n) is 0.813. The maximum atomic E-state index is 8.24. The quantitative estimate of drug-likeness (QED) is 0.464. The number of hydrogen-bond donors (Lipinski definition) is 2. The zero-order chi connectivity index (χ0) is 8.97. The summed E-state index contributed by atoms with van der Waals surface area (Å²) < 4.78 is 1.05. The third-order valence-corrected chi connectivity index (χ3v) is 2.30. The fourth-order valence-corrected chi connectivity index (χ4v) is 1.06. The average molecular weight is 229 g/mol. The molecule has 1 aromatic carbocycles. The largest absolute Gasteiger partial charge is 0.290 e. The fraction of sp³-hybridized carbons (Fsp3) is 0.125. The highest BCUT2D eigenvalue weighted by Crippen LogP contribution is 2.21. The van der Waals surface area contributed by atoms with Crippen LogP contribution in [0.4, 0.5) is 5.69 Å². The van der Waals surface area contributed by atoms with Crippen LogP contribution in [0.15, 0.2) is 27.7 Å². The lowest BCUT2D eigenvalue weighted by Gasteiger charge is -1.98. The monoisotopic (exact) mass is 228 g/mol. The van der Waals surface area contributed by atoms with Gasteiger partial charge in [-0.1, -0.05) is 15.9 Å². The molecule has 0 aliphatic carbocycles. The highest BCUT2D eigenvalue weighted by Gasteiger charge is 1.93. The van der Waals surface area contributed by atoms with Crippen molar-refractivity contribution in [1.29, 1.82) is 0 Å². The first-order valence-corrected chi connectivity index (χ1v) is 4.21. The molecule has 1 rings (SSSR count). The highest BCUT2D eigenvalue weighted by molar-refractivity contribution is 9.10. The molecule has 12 heavy (non-hydrogen) atoms. The van der Waals surface area contributed by atoms with Gasteiger partial charge in [-0.2, -0.15) is 0 Å². The van der Waals surface area contributed by atoms with Crippen LogP contribution in [0.3, 0.4) is 0 Å². The molecule has 3 nitrogen and oxygen atoms in total. The van der Waals surface area contributed by atoms with Crippen molar-refractivity contribution in [3.8, 4) is 0 Å². The first-order chi connectivity index (χ1) is 5.74. The second-order valence-corrected chi connectivity index (χ2v) is 3.18. The van der Waals surface area contributed by atoms with Crippen LogP contribution in [0.25, 0.3) is 0 Å². The molecule has 0 bridgehead atoms. The van der Waals surface area contributed by atoms with Crippen molar-refractivity contribution in [1.82, 2.24) is 5.48 Å². The Bertz CT molecular complexity index is 299. The molecule has 0 aromatic heterocycles. The number of nitrogens with one attached hydrogen (secondary N) is 1. The summed E-state index contributed by atoms with van der Waals surface area (Å²) >= 11 is 3.38. The number of benzene rings is 1. The molecule has 0 spiro atoms. The summed E-state index contributed by atoms with van der Waals surface area (Å²) in [5.74, 6) is 0. The van der Waals surface area contributed by atoms with E-state index in [-0.39, 0.29) is 0 Å². The van der Waals surface area contributed by atoms with Crippen molar-refractivity contribution in [3.05, 3.63) is 28.2 Å². The van der Waals surface area contributed by atoms with Crippen LogP contribution in [0.1, 0.15) is 5.56 Å². The molecule has 64 valence electrons. The van der Waals surface area contributed by atoms with Gasteiger partial charge in [0.15, 0.2) is 0 Å². The van der Waals surface area contributed by atoms with Gasteiger partial charge in [-0.25, -0.2) is 4.99 Å². The van der Waals surface area contributed by atoms with E-state index in [1.165, 1.54) is 6.34 Å². The van der Waals surface area contributed by atoms with E-state index in [0.29, 0.717) is 0 Å². The molecule has 0 amide bonds. The van der Waals surface area contributed by atoms with Gasteiger partial charge < -0.3 is 0 Å². The number of rotatable bonds is 2. The topological polar surface area (TPSA) is 44.6 Å². The van der Waals surface area contributed by atoms with Crippen LogP contribution < -0.4 is 5.48 Å². The summed E-state index contributed by atoms with van der Waals surface area (Å²) in [5.41, 5.74) is 3.76. The van der Waals surface area contributed by atoms with Gasteiger partial charge in [-0.15, -0.1) is 0 Å². The molecule has 0 aliphatic heterocycles. The molecule has 0 atom stereocenters. The standard InChI is InChI=1S/C8H9BrN2O/c1-6-4-7(10-5-11-12)2-3-8(6)9/h2-5,12H,1H3,(H,10,11). The minimum atomic E-state index is 0.803. The Balaban J connectivity index is 2.89. The van der Waals surface area contributed by atoms with Crippen LogP contribution >= 0.6 is 15.9 Å². The van der Waals surface area contributed by atoms with Crippen LogP contribution in [-0.2, 0) is 0 Å². The van der Waals surface area contributed by atoms with E-state index in [9.17, 15) is 0 Å². The van der Waals surface area contributed by atoms with E-state index < -0.39 is 0 Å². The zero-order valence-electron chi connectivity index (χ0n) is 6.58. The number of aryl methyl sites for hydroxylation is 1. The molecule has 0 saturated heterocycles. The van der Waals surface area contributed by atoms with Gasteiger partial charge in [0.2, 0.25) is 0 Å². The third kappa shape index (κ3) is 2.32. The van der Waals surface area contributed by atoms with Gasteiger partial charge in [0.25, 0.3) is 0 Å². The van der Waals surface area contributed by atoms with Gasteiger partial charge in [-0.3, -0.25) is 10.7 Å². The maximum Gasteiger partial charge on any atom is 0.113 e. The molecule has 0 fully saturated rings. The maximum absolute atomic E-state index is 8.24. The Morgan fingerprint density at radius 3 is 2.92 bits per heavy atom. The van der Waals surface area contributed by atoms with E-state index in [4.69, 9.17) is 5.21 Å². The minimum absolute atomic E-state index is 0.803. The molecule has 4 heteroatoms. The van der Waals surface area contributed by atoms with Gasteiger partial charge in [-0.05, 0) is 30.7 Å². The summed E-state index contributed by atoms with van der Waals surface area (Å²) in [7, 11) is 0. The van der Waals surface area contributed by atoms with Gasteiger partial charge >= 0.3 is 0 Å². The summed E-state index contributed by atoms with van der Waals surface area (Å²) in [6.07, 6.45) is 1.22. The minimum Gasteiger partial charge on any atom is -0.290 e. The van der Waals surface area contributed by atoms with Crippen molar-refractivity contribution in [3.63, 3.8) is 0 Å². The number of halogens is 1. The van der Waals surface area contributed by atoms with Gasteiger partial charge in [0.1, 0.15) is 6.34 Å². The van der Waals surface area contributed by atoms with E-state index in [1.54, 1.807) is 0 Å². The summed E-state index contributed by atoms with van der Waals surface area (Å²) in [5, 5.41) is 8.24. The predicted molar refractivity (Wildman–Crippen MR) is 52.0 cm³/mol. The number of nitrogens with zero attached hydrogens (tertiary/aromatic N) is 1. The third-order valence-electron chi connectivity index (χ3n) is 1.41. The second-order valence-electron chi connectivity index (χ2n) is 2.32. The lowest BCUT2D eigenvalue weighted by Crippen LogP contribution is -2.00. The lowest BCUT2D eigenvalue weighted by molar-refractivity contribution is 0.240. The Morgan fingerprint density at radius 2 is 2.33 bits per heavy atom. The Kier molecular flexibility index (Phi) is 3.25. The van der Waals surface area contributed by atoms with E-state index in [2.05, 4.69) is 20.9 Å². The molecular weight excluding hydrogens is 220 g/mol. The SMILES string of the molecule is Cc1cc(N=CNO)ccc1Br. The highest BCUT2D eigenvalue weighted by atomic mass is 79.9. The molecule has 0 saturated carbocycles. The molecule has 1 aromatic rings. The molecule has 0 aliphatic rings. The lowest BCUT2D eigenvalue weighted by atomic mass is 10.2. The first-order valence-electron chi connectivity index (χ1n) is 3.42. The molecule has 0 unspecified atom stereocenters. The van der Waals surface area contributed by atoms with E-state index >= 15 is 0 Å². The number of hydroxylamine groups is 1. The molecule has 0 heterocycles. The molecular formula is C8H9BrN2O. The first kappa shape index (κ1) is 9.22. The van der Waals surface area contributed by atoms with E-state index in [1.807, 2.05) is 30.6 Å². The zero-order valence-corrected chi connectivity index (χ0v) is 8.17. The van der Waals surface area contributed by atoms with E-state index in [0.717, 1.165) is 15.7 Å². The Labute approximate surface area is 79.2 Å². The second kappa shape index (κ2) is 4.23. The van der Waals surface area contributed by atoms with Gasteiger partial charge in [0.05, 0.1) is 5.69 Å². The Hall–Kier alpha value is -0.870. The van der Waals surface area contributed by atoms with Crippen molar-refractivity contribution in [2.45, 2.75) is 6.92 Å². The number of aliphatic imine (C=N–C) groups is 1. The van der Waals surface area contributed by atoms with Crippen LogP contribution in [0.5, 0.6) is 0 Å². The normalized spacial score (nSPS) is 10.6.